The summed E-state index contributed by atoms with van der Waals surface area (Å²) in [5.41, 5.74) is 6.77. The fourth-order valence-corrected chi connectivity index (χ4v) is 7.53. The van der Waals surface area contributed by atoms with Gasteiger partial charge in [0.15, 0.2) is 0 Å². The number of hydrogen-bond acceptors (Lipinski definition) is 1. The van der Waals surface area contributed by atoms with Gasteiger partial charge in [-0.1, -0.05) is 127 Å². The molecule has 0 fully saturated rings. The molecule has 1 heterocycles. The van der Waals surface area contributed by atoms with Crippen molar-refractivity contribution in [3.05, 3.63) is 158 Å². The third-order valence-corrected chi connectivity index (χ3v) is 9.60. The van der Waals surface area contributed by atoms with Crippen LogP contribution < -0.4 is 0 Å². The van der Waals surface area contributed by atoms with Crippen molar-refractivity contribution in [3.63, 3.8) is 0 Å². The summed E-state index contributed by atoms with van der Waals surface area (Å²) in [7, 11) is 0. The van der Waals surface area contributed by atoms with Crippen LogP contribution in [-0.4, -0.2) is 0 Å². The van der Waals surface area contributed by atoms with Crippen molar-refractivity contribution < 1.29 is 4.42 Å². The molecule has 0 unspecified atom stereocenters. The van der Waals surface area contributed by atoms with Crippen LogP contribution in [0.2, 0.25) is 0 Å². The Kier molecular flexibility index (Phi) is 5.06. The molecule has 10 aromatic rings. The van der Waals surface area contributed by atoms with Gasteiger partial charge in [-0.05, 0) is 106 Å². The second-order valence-corrected chi connectivity index (χ2v) is 12.1. The van der Waals surface area contributed by atoms with Crippen molar-refractivity contribution in [3.8, 4) is 22.3 Å². The van der Waals surface area contributed by atoms with Crippen LogP contribution in [0.15, 0.2) is 162 Å². The molecule has 0 aliphatic rings. The third kappa shape index (κ3) is 3.62. The molecule has 0 radical (unpaired) electrons. The lowest BCUT2D eigenvalue weighted by atomic mass is 9.88. The average molecular weight is 571 g/mol. The van der Waals surface area contributed by atoms with E-state index in [1.165, 1.54) is 86.9 Å². The highest BCUT2D eigenvalue weighted by Crippen LogP contribution is 2.43. The Hall–Kier alpha value is -5.92. The number of hydrogen-bond donors (Lipinski definition) is 0. The Balaban J connectivity index is 1.19. The Morgan fingerprint density at radius 2 is 0.933 bits per heavy atom. The summed E-state index contributed by atoms with van der Waals surface area (Å²) in [4.78, 5) is 0. The predicted octanol–water partition coefficient (Wildman–Crippen LogP) is 12.7. The fraction of sp³-hybridized carbons (Fsp3) is 0. The second kappa shape index (κ2) is 9.29. The van der Waals surface area contributed by atoms with Gasteiger partial charge in [-0.3, -0.25) is 0 Å². The summed E-state index contributed by atoms with van der Waals surface area (Å²) in [5, 5.41) is 14.9. The van der Waals surface area contributed by atoms with Gasteiger partial charge < -0.3 is 4.42 Å². The zero-order chi connectivity index (χ0) is 29.5. The molecule has 0 spiro atoms. The summed E-state index contributed by atoms with van der Waals surface area (Å²) >= 11 is 0. The molecule has 1 heteroatoms. The van der Waals surface area contributed by atoms with Crippen LogP contribution >= 0.6 is 0 Å². The van der Waals surface area contributed by atoms with Crippen molar-refractivity contribution in [1.29, 1.82) is 0 Å². The highest BCUT2D eigenvalue weighted by molar-refractivity contribution is 6.23. The number of fused-ring (bicyclic) bond motifs is 10. The van der Waals surface area contributed by atoms with E-state index in [4.69, 9.17) is 4.42 Å². The molecule has 0 atom stereocenters. The van der Waals surface area contributed by atoms with Gasteiger partial charge in [0.1, 0.15) is 11.2 Å². The average Bonchev–Trinajstić information content (AvgIpc) is 3.50. The Morgan fingerprint density at radius 1 is 0.311 bits per heavy atom. The highest BCUT2D eigenvalue weighted by Gasteiger charge is 2.16. The maximum atomic E-state index is 6.37. The first kappa shape index (κ1) is 24.5. The molecule has 10 rings (SSSR count). The van der Waals surface area contributed by atoms with Crippen molar-refractivity contribution in [1.82, 2.24) is 0 Å². The van der Waals surface area contributed by atoms with Gasteiger partial charge >= 0.3 is 0 Å². The fourth-order valence-electron chi connectivity index (χ4n) is 7.53. The van der Waals surface area contributed by atoms with Crippen LogP contribution in [0.3, 0.4) is 0 Å². The van der Waals surface area contributed by atoms with E-state index < -0.39 is 0 Å². The van der Waals surface area contributed by atoms with Crippen LogP contribution in [0.25, 0.3) is 98.1 Å². The summed E-state index contributed by atoms with van der Waals surface area (Å²) in [6.07, 6.45) is 0. The maximum absolute atomic E-state index is 6.37. The van der Waals surface area contributed by atoms with E-state index in [-0.39, 0.29) is 0 Å². The van der Waals surface area contributed by atoms with Crippen molar-refractivity contribution in [2.75, 3.05) is 0 Å². The van der Waals surface area contributed by atoms with E-state index in [0.29, 0.717) is 0 Å². The van der Waals surface area contributed by atoms with Gasteiger partial charge in [-0.25, -0.2) is 0 Å². The topological polar surface area (TPSA) is 13.1 Å². The van der Waals surface area contributed by atoms with E-state index in [0.717, 1.165) is 11.2 Å². The minimum absolute atomic E-state index is 0.921. The lowest BCUT2D eigenvalue weighted by Crippen LogP contribution is -1.88. The van der Waals surface area contributed by atoms with Gasteiger partial charge in [-0.2, -0.15) is 0 Å². The maximum Gasteiger partial charge on any atom is 0.136 e. The van der Waals surface area contributed by atoms with E-state index >= 15 is 0 Å². The molecule has 0 N–H and O–H groups in total. The molecular formula is C44H26O. The standard InChI is InChI=1S/C44H26O/c1-4-11-34-27(8-1)20-22-38-39(34)26-31-10-3-6-13-36(31)42(38)33-19-17-29-24-32(18-16-30(29)25-33)37-14-7-15-40-44(37)43-35-12-5-2-9-28(35)21-23-41(43)45-40/h1-26H. The lowest BCUT2D eigenvalue weighted by molar-refractivity contribution is 0.669. The van der Waals surface area contributed by atoms with Crippen molar-refractivity contribution in [2.45, 2.75) is 0 Å². The van der Waals surface area contributed by atoms with Gasteiger partial charge in [-0.15, -0.1) is 0 Å². The number of furan rings is 1. The van der Waals surface area contributed by atoms with E-state index in [1.807, 2.05) is 0 Å². The zero-order valence-electron chi connectivity index (χ0n) is 24.4. The first-order valence-electron chi connectivity index (χ1n) is 15.5. The van der Waals surface area contributed by atoms with Crippen LogP contribution in [0.1, 0.15) is 0 Å². The molecule has 0 saturated carbocycles. The van der Waals surface area contributed by atoms with Crippen LogP contribution in [0.4, 0.5) is 0 Å². The molecule has 0 aliphatic heterocycles. The third-order valence-electron chi connectivity index (χ3n) is 9.60. The smallest absolute Gasteiger partial charge is 0.136 e. The van der Waals surface area contributed by atoms with Crippen LogP contribution in [0, 0.1) is 0 Å². The van der Waals surface area contributed by atoms with Gasteiger partial charge in [0.2, 0.25) is 0 Å². The summed E-state index contributed by atoms with van der Waals surface area (Å²) < 4.78 is 6.37. The number of rotatable bonds is 2. The quantitative estimate of drug-likeness (QED) is 0.149. The Bertz CT molecular complexity index is 2820. The molecule has 208 valence electrons. The van der Waals surface area contributed by atoms with E-state index in [2.05, 4.69) is 158 Å². The molecule has 0 bridgehead atoms. The molecule has 9 aromatic carbocycles. The predicted molar refractivity (Wildman–Crippen MR) is 192 cm³/mol. The first-order valence-corrected chi connectivity index (χ1v) is 15.5. The van der Waals surface area contributed by atoms with Crippen molar-refractivity contribution in [2.24, 2.45) is 0 Å². The van der Waals surface area contributed by atoms with Crippen LogP contribution in [0.5, 0.6) is 0 Å². The van der Waals surface area contributed by atoms with E-state index in [1.54, 1.807) is 0 Å². The monoisotopic (exact) mass is 570 g/mol. The SMILES string of the molecule is c1ccc2c(-c3ccc4cc(-c5cccc6oc7ccc8ccccc8c7c56)ccc4c3)c3ccc4ccccc4c3cc2c1. The molecule has 45 heavy (non-hydrogen) atoms. The molecule has 1 nitrogen and oxygen atoms in total. The second-order valence-electron chi connectivity index (χ2n) is 12.1. The zero-order valence-corrected chi connectivity index (χ0v) is 24.4. The molecule has 0 amide bonds. The molecular weight excluding hydrogens is 544 g/mol. The van der Waals surface area contributed by atoms with E-state index in [9.17, 15) is 0 Å². The molecule has 0 saturated heterocycles. The summed E-state index contributed by atoms with van der Waals surface area (Å²) in [6, 6.07) is 57.4. The minimum Gasteiger partial charge on any atom is -0.456 e. The number of benzene rings is 9. The minimum atomic E-state index is 0.921. The molecule has 0 aliphatic carbocycles. The summed E-state index contributed by atoms with van der Waals surface area (Å²) in [6.45, 7) is 0. The largest absolute Gasteiger partial charge is 0.456 e. The Labute approximate surface area is 259 Å². The Morgan fingerprint density at radius 3 is 1.78 bits per heavy atom. The summed E-state index contributed by atoms with van der Waals surface area (Å²) in [5.74, 6) is 0. The normalized spacial score (nSPS) is 12.0. The van der Waals surface area contributed by atoms with Crippen LogP contribution in [-0.2, 0) is 0 Å². The van der Waals surface area contributed by atoms with Crippen molar-refractivity contribution >= 4 is 75.8 Å². The highest BCUT2D eigenvalue weighted by atomic mass is 16.3. The van der Waals surface area contributed by atoms with Gasteiger partial charge in [0, 0.05) is 10.8 Å². The lowest BCUT2D eigenvalue weighted by Gasteiger charge is -2.15. The molecule has 1 aromatic heterocycles. The van der Waals surface area contributed by atoms with Gasteiger partial charge in [0.05, 0.1) is 0 Å². The first-order chi connectivity index (χ1) is 22.3. The van der Waals surface area contributed by atoms with Gasteiger partial charge in [0.25, 0.3) is 0 Å².